The fourth-order valence-corrected chi connectivity index (χ4v) is 3.43. The van der Waals surface area contributed by atoms with E-state index in [0.717, 1.165) is 12.2 Å². The van der Waals surface area contributed by atoms with Crippen LogP contribution in [0.1, 0.15) is 23.2 Å². The van der Waals surface area contributed by atoms with Crippen LogP contribution in [0, 0.1) is 0 Å². The third-order valence-corrected chi connectivity index (χ3v) is 5.00. The molecule has 0 bridgehead atoms. The number of carbonyl (C=O) groups is 2. The summed E-state index contributed by atoms with van der Waals surface area (Å²) in [6, 6.07) is 6.51. The molecular formula is C17H25Cl2N3O2S. The number of benzene rings is 1. The van der Waals surface area contributed by atoms with Crippen molar-refractivity contribution < 1.29 is 9.59 Å². The maximum atomic E-state index is 12.6. The Morgan fingerprint density at radius 3 is 2.60 bits per heavy atom. The van der Waals surface area contributed by atoms with Gasteiger partial charge in [0.25, 0.3) is 5.91 Å². The highest BCUT2D eigenvalue weighted by molar-refractivity contribution is 7.98. The van der Waals surface area contributed by atoms with Crippen LogP contribution in [-0.2, 0) is 4.79 Å². The van der Waals surface area contributed by atoms with Crippen molar-refractivity contribution in [3.05, 3.63) is 34.9 Å². The zero-order chi connectivity index (χ0) is 17.5. The number of hydrogen-bond donors (Lipinski definition) is 1. The maximum Gasteiger partial charge on any atom is 0.253 e. The lowest BCUT2D eigenvalue weighted by molar-refractivity contribution is -0.132. The Hall–Kier alpha value is -0.950. The van der Waals surface area contributed by atoms with Gasteiger partial charge in [-0.1, -0.05) is 17.7 Å². The predicted octanol–water partition coefficient (Wildman–Crippen LogP) is 2.52. The van der Waals surface area contributed by atoms with Crippen LogP contribution in [0.15, 0.2) is 24.3 Å². The van der Waals surface area contributed by atoms with Crippen LogP contribution in [0.4, 0.5) is 0 Å². The number of halogens is 2. The first-order valence-corrected chi connectivity index (χ1v) is 9.88. The Kier molecular flexibility index (Phi) is 9.64. The highest BCUT2D eigenvalue weighted by Gasteiger charge is 2.25. The van der Waals surface area contributed by atoms with Gasteiger partial charge >= 0.3 is 0 Å². The molecule has 0 aliphatic carbocycles. The molecule has 2 amide bonds. The number of amides is 2. The van der Waals surface area contributed by atoms with Crippen molar-refractivity contribution in [3.8, 4) is 0 Å². The normalized spacial score (nSPS) is 16.0. The fraction of sp³-hybridized carbons (Fsp3) is 0.529. The molecule has 140 valence electrons. The zero-order valence-corrected chi connectivity index (χ0v) is 16.7. The summed E-state index contributed by atoms with van der Waals surface area (Å²) < 4.78 is 0. The van der Waals surface area contributed by atoms with E-state index in [-0.39, 0.29) is 24.2 Å². The van der Waals surface area contributed by atoms with Gasteiger partial charge in [0.2, 0.25) is 5.91 Å². The van der Waals surface area contributed by atoms with Crippen LogP contribution in [0.3, 0.4) is 0 Å². The fourth-order valence-electron chi connectivity index (χ4n) is 2.75. The maximum absolute atomic E-state index is 12.6. The third-order valence-electron chi connectivity index (χ3n) is 4.12. The van der Waals surface area contributed by atoms with Gasteiger partial charge in [0.1, 0.15) is 0 Å². The van der Waals surface area contributed by atoms with Crippen molar-refractivity contribution in [2.45, 2.75) is 18.9 Å². The van der Waals surface area contributed by atoms with Crippen molar-refractivity contribution in [1.29, 1.82) is 0 Å². The summed E-state index contributed by atoms with van der Waals surface area (Å²) in [4.78, 5) is 28.6. The van der Waals surface area contributed by atoms with Gasteiger partial charge < -0.3 is 15.5 Å². The van der Waals surface area contributed by atoms with E-state index in [9.17, 15) is 9.59 Å². The molecule has 1 aliphatic rings. The Labute approximate surface area is 164 Å². The first kappa shape index (κ1) is 22.1. The smallest absolute Gasteiger partial charge is 0.253 e. The molecule has 2 N–H and O–H groups in total. The minimum absolute atomic E-state index is 0. The molecule has 2 rings (SSSR count). The summed E-state index contributed by atoms with van der Waals surface area (Å²) in [6.45, 7) is 2.32. The van der Waals surface area contributed by atoms with E-state index in [1.54, 1.807) is 45.8 Å². The lowest BCUT2D eigenvalue weighted by Gasteiger charge is -2.24. The molecule has 1 aliphatic heterocycles. The minimum Gasteiger partial charge on any atom is -0.340 e. The first-order valence-electron chi connectivity index (χ1n) is 8.11. The van der Waals surface area contributed by atoms with Gasteiger partial charge in [-0.3, -0.25) is 9.59 Å². The van der Waals surface area contributed by atoms with Crippen molar-refractivity contribution in [3.63, 3.8) is 0 Å². The first-order chi connectivity index (χ1) is 11.5. The Morgan fingerprint density at radius 2 is 1.92 bits per heavy atom. The van der Waals surface area contributed by atoms with E-state index < -0.39 is 6.04 Å². The second-order valence-corrected chi connectivity index (χ2v) is 7.29. The number of hydrogen-bond acceptors (Lipinski definition) is 4. The molecule has 0 saturated carbocycles. The van der Waals surface area contributed by atoms with E-state index >= 15 is 0 Å². The van der Waals surface area contributed by atoms with Crippen LogP contribution in [0.25, 0.3) is 0 Å². The second-order valence-electron chi connectivity index (χ2n) is 5.87. The Morgan fingerprint density at radius 1 is 1.24 bits per heavy atom. The molecule has 5 nitrogen and oxygen atoms in total. The average Bonchev–Trinajstić information content (AvgIpc) is 2.84. The van der Waals surface area contributed by atoms with Gasteiger partial charge in [-0.15, -0.1) is 12.4 Å². The van der Waals surface area contributed by atoms with Gasteiger partial charge in [0.05, 0.1) is 6.04 Å². The molecule has 0 radical (unpaired) electrons. The molecule has 0 unspecified atom stereocenters. The summed E-state index contributed by atoms with van der Waals surface area (Å²) >= 11 is 7.65. The number of nitrogens with zero attached hydrogens (tertiary/aromatic N) is 2. The van der Waals surface area contributed by atoms with Crippen molar-refractivity contribution in [2.75, 3.05) is 38.2 Å². The van der Waals surface area contributed by atoms with E-state index in [0.29, 0.717) is 43.2 Å². The van der Waals surface area contributed by atoms with Crippen LogP contribution < -0.4 is 5.73 Å². The quantitative estimate of drug-likeness (QED) is 0.816. The third kappa shape index (κ3) is 6.37. The Balaban J connectivity index is 0.00000312. The SMILES string of the molecule is CSCC[C@H](N)C(=O)N1CCCN(C(=O)c2cccc(Cl)c2)CC1.Cl. The molecule has 25 heavy (non-hydrogen) atoms. The number of rotatable bonds is 5. The van der Waals surface area contributed by atoms with Crippen LogP contribution >= 0.6 is 35.8 Å². The molecule has 1 aromatic carbocycles. The molecule has 0 aromatic heterocycles. The van der Waals surface area contributed by atoms with Gasteiger partial charge in [0, 0.05) is 36.8 Å². The average molecular weight is 406 g/mol. The van der Waals surface area contributed by atoms with E-state index in [1.165, 1.54) is 0 Å². The van der Waals surface area contributed by atoms with Gasteiger partial charge in [0.15, 0.2) is 0 Å². The molecular weight excluding hydrogens is 381 g/mol. The largest absolute Gasteiger partial charge is 0.340 e. The number of carbonyl (C=O) groups excluding carboxylic acids is 2. The molecule has 1 saturated heterocycles. The lowest BCUT2D eigenvalue weighted by Crippen LogP contribution is -2.45. The van der Waals surface area contributed by atoms with Crippen molar-refractivity contribution in [1.82, 2.24) is 9.80 Å². The number of thioether (sulfide) groups is 1. The summed E-state index contributed by atoms with van der Waals surface area (Å²) in [5, 5.41) is 0.548. The van der Waals surface area contributed by atoms with Gasteiger partial charge in [-0.2, -0.15) is 11.8 Å². The highest BCUT2D eigenvalue weighted by atomic mass is 35.5. The topological polar surface area (TPSA) is 66.6 Å². The monoisotopic (exact) mass is 405 g/mol. The molecule has 0 spiro atoms. The number of nitrogens with two attached hydrogens (primary N) is 1. The highest BCUT2D eigenvalue weighted by Crippen LogP contribution is 2.15. The molecule has 1 fully saturated rings. The molecule has 1 aromatic rings. The van der Waals surface area contributed by atoms with Crippen LogP contribution in [0.5, 0.6) is 0 Å². The van der Waals surface area contributed by atoms with E-state index in [4.69, 9.17) is 17.3 Å². The molecule has 1 heterocycles. The summed E-state index contributed by atoms with van der Waals surface area (Å²) in [6.07, 6.45) is 3.44. The second kappa shape index (κ2) is 10.9. The predicted molar refractivity (Wildman–Crippen MR) is 107 cm³/mol. The van der Waals surface area contributed by atoms with Crippen LogP contribution in [0.2, 0.25) is 5.02 Å². The lowest BCUT2D eigenvalue weighted by atomic mass is 10.2. The van der Waals surface area contributed by atoms with Crippen LogP contribution in [-0.4, -0.2) is 65.8 Å². The summed E-state index contributed by atoms with van der Waals surface area (Å²) in [5.74, 6) is 0.819. The van der Waals surface area contributed by atoms with E-state index in [2.05, 4.69) is 0 Å². The van der Waals surface area contributed by atoms with Crippen molar-refractivity contribution >= 4 is 47.6 Å². The summed E-state index contributed by atoms with van der Waals surface area (Å²) in [7, 11) is 0. The van der Waals surface area contributed by atoms with E-state index in [1.807, 2.05) is 6.26 Å². The van der Waals surface area contributed by atoms with Gasteiger partial charge in [-0.25, -0.2) is 0 Å². The van der Waals surface area contributed by atoms with Crippen molar-refractivity contribution in [2.24, 2.45) is 5.73 Å². The summed E-state index contributed by atoms with van der Waals surface area (Å²) in [5.41, 5.74) is 6.57. The zero-order valence-electron chi connectivity index (χ0n) is 14.3. The molecule has 1 atom stereocenters. The minimum atomic E-state index is -0.451. The molecule has 8 heteroatoms. The van der Waals surface area contributed by atoms with Gasteiger partial charge in [-0.05, 0) is 43.0 Å². The Bertz CT molecular complexity index is 589. The standard InChI is InChI=1S/C17H24ClN3O2S.ClH/c1-24-11-6-15(19)17(23)21-8-3-7-20(9-10-21)16(22)13-4-2-5-14(18)12-13;/h2,4-5,12,15H,3,6-11,19H2,1H3;1H/t15-;/m0./s1.